The summed E-state index contributed by atoms with van der Waals surface area (Å²) >= 11 is 0. The van der Waals surface area contributed by atoms with E-state index >= 15 is 0 Å². The fourth-order valence-electron chi connectivity index (χ4n) is 0.448. The molecule has 1 nitrogen and oxygen atoms in total. The zero-order valence-corrected chi connectivity index (χ0v) is 4.26. The Hall–Kier alpha value is -0.590. The molecule has 0 N–H and O–H groups in total. The second-order valence-corrected chi connectivity index (χ2v) is 1.53. The third-order valence-electron chi connectivity index (χ3n) is 0.809. The number of rotatable bonds is 0. The third-order valence-corrected chi connectivity index (χ3v) is 0.809. The summed E-state index contributed by atoms with van der Waals surface area (Å²) in [6.45, 7) is 2.02. The van der Waals surface area contributed by atoms with Crippen LogP contribution in [0.25, 0.3) is 0 Å². The minimum atomic E-state index is 1.21. The van der Waals surface area contributed by atoms with Crippen molar-refractivity contribution in [1.29, 1.82) is 0 Å². The van der Waals surface area contributed by atoms with Gasteiger partial charge in [-0.25, -0.2) is 0 Å². The first kappa shape index (κ1) is 4.57. The van der Waals surface area contributed by atoms with Crippen LogP contribution in [-0.2, 0) is 0 Å². The van der Waals surface area contributed by atoms with E-state index in [1.54, 1.807) is 6.20 Å². The van der Waals surface area contributed by atoms with Gasteiger partial charge in [-0.2, -0.15) is 0 Å². The molecule has 1 aromatic rings. The summed E-state index contributed by atoms with van der Waals surface area (Å²) in [6.07, 6.45) is 3.60. The van der Waals surface area contributed by atoms with Crippen LogP contribution in [0.2, 0.25) is 0 Å². The van der Waals surface area contributed by atoms with Gasteiger partial charge < -0.3 is 0 Å². The average molecular weight is 88.7 g/mol. The quantitative estimate of drug-likeness (QED) is 0.359. The molecule has 1 aromatic heterocycles. The van der Waals surface area contributed by atoms with Gasteiger partial charge in [-0.15, -0.1) is 0 Å². The van der Waals surface area contributed by atoms with Gasteiger partial charge in [-0.3, -0.25) is 0 Å². The van der Waals surface area contributed by atoms with Gasteiger partial charge in [0.05, 0.1) is 0 Å². The Kier molecular flexibility index (Phi) is 1.25. The van der Waals surface area contributed by atoms with Crippen molar-refractivity contribution in [1.82, 2.24) is 4.98 Å². The molecular formula is C4H5B2N. The molecule has 0 aliphatic heterocycles. The van der Waals surface area contributed by atoms with Gasteiger partial charge in [0.25, 0.3) is 0 Å². The molecular weight excluding hydrogens is 83.7 g/mol. The molecule has 1 rings (SSSR count). The van der Waals surface area contributed by atoms with Crippen molar-refractivity contribution in [3.8, 4) is 0 Å². The van der Waals surface area contributed by atoms with E-state index in [2.05, 4.69) is 4.98 Å². The van der Waals surface area contributed by atoms with Crippen molar-refractivity contribution < 1.29 is 0 Å². The monoisotopic (exact) mass is 89.1 g/mol. The van der Waals surface area contributed by atoms with E-state index in [1.807, 2.05) is 26.9 Å². The fourth-order valence-corrected chi connectivity index (χ4v) is 0.448. The van der Waals surface area contributed by atoms with Crippen molar-refractivity contribution in [3.05, 3.63) is 18.4 Å². The first-order valence-electron chi connectivity index (χ1n) is 2.26. The number of nitrogens with zero attached hydrogens (tertiary/aromatic N) is 1. The summed E-state index contributed by atoms with van der Waals surface area (Å²) in [6, 6.07) is 0. The van der Waals surface area contributed by atoms with Gasteiger partial charge in [-0.1, -0.05) is 0 Å². The molecule has 0 aromatic carbocycles. The van der Waals surface area contributed by atoms with Crippen LogP contribution in [0.1, 0.15) is 0 Å². The Morgan fingerprint density at radius 1 is 1.71 bits per heavy atom. The van der Waals surface area contributed by atoms with E-state index in [9.17, 15) is 0 Å². The van der Waals surface area contributed by atoms with E-state index in [0.717, 1.165) is 0 Å². The summed E-state index contributed by atoms with van der Waals surface area (Å²) in [5, 5.41) is 1.21. The first-order valence-corrected chi connectivity index (χ1v) is 2.26. The van der Waals surface area contributed by atoms with E-state index in [1.165, 1.54) is 5.36 Å². The SMILES string of the molecule is Bc1bccnc1. The molecule has 32 valence electrons. The van der Waals surface area contributed by atoms with E-state index in [-0.39, 0.29) is 0 Å². The van der Waals surface area contributed by atoms with Crippen LogP contribution in [0.4, 0.5) is 0 Å². The number of hydrogen-bond donors (Lipinski definition) is 0. The van der Waals surface area contributed by atoms with Crippen molar-refractivity contribution in [3.63, 3.8) is 0 Å². The standard InChI is InChI=1S/C4H5B2N/c5-4-3-7-2-1-6-4/h1-3H,5H2. The normalized spacial score (nSPS) is 8.00. The van der Waals surface area contributed by atoms with Crippen LogP contribution in [0.5, 0.6) is 0 Å². The van der Waals surface area contributed by atoms with Gasteiger partial charge in [0.15, 0.2) is 0 Å². The molecule has 0 saturated heterocycles. The third kappa shape index (κ3) is 1.15. The number of hydrogen-bond acceptors (Lipinski definition) is 1. The Balaban J connectivity index is 3.02. The second kappa shape index (κ2) is 1.92. The topological polar surface area (TPSA) is 12.9 Å². The maximum absolute atomic E-state index is 3.88. The van der Waals surface area contributed by atoms with Crippen LogP contribution < -0.4 is 5.36 Å². The Bertz CT molecular complexity index is 140. The Morgan fingerprint density at radius 2 is 2.57 bits per heavy atom. The molecule has 0 fully saturated rings. The van der Waals surface area contributed by atoms with Crippen LogP contribution in [0, 0.1) is 0 Å². The first-order chi connectivity index (χ1) is 3.39. The number of aromatic nitrogens is 1. The Labute approximate surface area is 44.4 Å². The van der Waals surface area contributed by atoms with Gasteiger partial charge in [0, 0.05) is 0 Å². The van der Waals surface area contributed by atoms with E-state index in [0.29, 0.717) is 0 Å². The summed E-state index contributed by atoms with van der Waals surface area (Å²) in [4.78, 5) is 3.88. The van der Waals surface area contributed by atoms with Crippen LogP contribution >= 0.6 is 0 Å². The van der Waals surface area contributed by atoms with E-state index < -0.39 is 0 Å². The summed E-state index contributed by atoms with van der Waals surface area (Å²) in [5.74, 6) is 1.93. The van der Waals surface area contributed by atoms with Crippen LogP contribution in [-0.4, -0.2) is 19.7 Å². The van der Waals surface area contributed by atoms with Crippen molar-refractivity contribution >= 4 is 20.1 Å². The zero-order valence-electron chi connectivity index (χ0n) is 4.26. The molecule has 1 heterocycles. The molecule has 7 heavy (non-hydrogen) atoms. The summed E-state index contributed by atoms with van der Waals surface area (Å²) in [5.41, 5.74) is 0. The van der Waals surface area contributed by atoms with Gasteiger partial charge >= 0.3 is 43.5 Å². The zero-order chi connectivity index (χ0) is 5.11. The maximum atomic E-state index is 3.88. The molecule has 3 heteroatoms. The summed E-state index contributed by atoms with van der Waals surface area (Å²) in [7, 11) is 2.02. The molecule has 0 radical (unpaired) electrons. The van der Waals surface area contributed by atoms with Crippen molar-refractivity contribution in [2.45, 2.75) is 0 Å². The van der Waals surface area contributed by atoms with Gasteiger partial charge in [-0.05, 0) is 0 Å². The van der Waals surface area contributed by atoms with Crippen molar-refractivity contribution in [2.75, 3.05) is 0 Å². The molecule has 0 aliphatic carbocycles. The van der Waals surface area contributed by atoms with E-state index in [4.69, 9.17) is 0 Å². The predicted octanol–water partition coefficient (Wildman–Crippen LogP) is -1.32. The van der Waals surface area contributed by atoms with Crippen LogP contribution in [0.15, 0.2) is 18.4 Å². The van der Waals surface area contributed by atoms with Crippen LogP contribution in [0.3, 0.4) is 0 Å². The fraction of sp³-hybridized carbons (Fsp3) is 0. The Morgan fingerprint density at radius 3 is 2.86 bits per heavy atom. The average Bonchev–Trinajstić information content (AvgIpc) is 1.69. The molecule has 0 atom stereocenters. The summed E-state index contributed by atoms with van der Waals surface area (Å²) < 4.78 is 0. The second-order valence-electron chi connectivity index (χ2n) is 1.53. The molecule has 0 amide bonds. The molecule has 0 saturated carbocycles. The molecule has 0 aliphatic rings. The van der Waals surface area contributed by atoms with Crippen molar-refractivity contribution in [2.24, 2.45) is 0 Å². The molecule has 0 bridgehead atoms. The van der Waals surface area contributed by atoms with Gasteiger partial charge in [0.1, 0.15) is 0 Å². The minimum absolute atomic E-state index is 1.21. The molecule has 0 unspecified atom stereocenters. The predicted molar refractivity (Wildman–Crippen MR) is 33.8 cm³/mol. The molecule has 0 spiro atoms. The van der Waals surface area contributed by atoms with Gasteiger partial charge in [0.2, 0.25) is 0 Å².